The van der Waals surface area contributed by atoms with Crippen LogP contribution in [0.1, 0.15) is 26.3 Å². The maximum absolute atomic E-state index is 12.3. The summed E-state index contributed by atoms with van der Waals surface area (Å²) in [7, 11) is 0. The standard InChI is InChI=1S/C19H25Cl2N3O2/c1-19(2,3)22-17(25)13-23-8-10-24(11-9-23)18(26)7-5-14-4-6-15(20)16(21)12-14/h4-7,12H,8-11,13H2,1-3H3,(H,22,25)/p+1/b7-5+. The topological polar surface area (TPSA) is 53.9 Å². The Labute approximate surface area is 164 Å². The molecule has 0 bridgehead atoms. The quantitative estimate of drug-likeness (QED) is 0.757. The highest BCUT2D eigenvalue weighted by Crippen LogP contribution is 2.23. The van der Waals surface area contributed by atoms with Crippen molar-refractivity contribution in [3.8, 4) is 0 Å². The number of carbonyl (C=O) groups excluding carboxylic acids is 2. The molecular formula is C19H26Cl2N3O2+. The van der Waals surface area contributed by atoms with Crippen LogP contribution in [0, 0.1) is 0 Å². The predicted molar refractivity (Wildman–Crippen MR) is 106 cm³/mol. The Bertz CT molecular complexity index is 691. The van der Waals surface area contributed by atoms with Crippen LogP contribution in [-0.2, 0) is 9.59 Å². The van der Waals surface area contributed by atoms with E-state index >= 15 is 0 Å². The first-order valence-corrected chi connectivity index (χ1v) is 9.46. The molecule has 0 atom stereocenters. The minimum absolute atomic E-state index is 0.0331. The Morgan fingerprint density at radius 1 is 1.19 bits per heavy atom. The number of piperazine rings is 1. The second-order valence-electron chi connectivity index (χ2n) is 7.56. The van der Waals surface area contributed by atoms with Crippen molar-refractivity contribution < 1.29 is 14.5 Å². The molecule has 1 saturated heterocycles. The highest BCUT2D eigenvalue weighted by atomic mass is 35.5. The Morgan fingerprint density at radius 2 is 1.85 bits per heavy atom. The minimum atomic E-state index is -0.219. The Kier molecular flexibility index (Phi) is 7.09. The molecule has 0 unspecified atom stereocenters. The number of quaternary nitrogens is 1. The van der Waals surface area contributed by atoms with E-state index in [4.69, 9.17) is 23.2 Å². The van der Waals surface area contributed by atoms with E-state index in [-0.39, 0.29) is 17.4 Å². The number of carbonyl (C=O) groups is 2. The van der Waals surface area contributed by atoms with Crippen LogP contribution in [0.5, 0.6) is 0 Å². The van der Waals surface area contributed by atoms with Crippen LogP contribution in [0.4, 0.5) is 0 Å². The third-order valence-electron chi connectivity index (χ3n) is 4.07. The largest absolute Gasteiger partial charge is 0.347 e. The maximum atomic E-state index is 12.3. The molecule has 1 heterocycles. The summed E-state index contributed by atoms with van der Waals surface area (Å²) in [5.41, 5.74) is 0.611. The number of amides is 2. The first kappa shape index (κ1) is 20.7. The fraction of sp³-hybridized carbons (Fsp3) is 0.474. The average Bonchev–Trinajstić information content (AvgIpc) is 2.54. The van der Waals surface area contributed by atoms with Gasteiger partial charge >= 0.3 is 0 Å². The lowest BCUT2D eigenvalue weighted by Gasteiger charge is -2.32. The summed E-state index contributed by atoms with van der Waals surface area (Å²) in [5.74, 6) is 0.0149. The predicted octanol–water partition coefficient (Wildman–Crippen LogP) is 1.65. The Balaban J connectivity index is 1.81. The van der Waals surface area contributed by atoms with Crippen LogP contribution in [0.15, 0.2) is 24.3 Å². The molecule has 0 saturated carbocycles. The summed E-state index contributed by atoms with van der Waals surface area (Å²) in [6, 6.07) is 5.25. The van der Waals surface area contributed by atoms with E-state index in [1.165, 1.54) is 4.90 Å². The normalized spacial score (nSPS) is 16.1. The van der Waals surface area contributed by atoms with Gasteiger partial charge in [0.05, 0.1) is 36.2 Å². The molecule has 2 rings (SSSR count). The summed E-state index contributed by atoms with van der Waals surface area (Å²) in [4.78, 5) is 27.3. The Hall–Kier alpha value is -1.56. The third kappa shape index (κ3) is 6.63. The van der Waals surface area contributed by atoms with Crippen LogP contribution in [-0.4, -0.2) is 55.0 Å². The molecule has 2 amide bonds. The molecule has 1 aromatic rings. The maximum Gasteiger partial charge on any atom is 0.275 e. The van der Waals surface area contributed by atoms with Gasteiger partial charge in [0.15, 0.2) is 6.54 Å². The number of hydrogen-bond acceptors (Lipinski definition) is 2. The molecule has 5 nitrogen and oxygen atoms in total. The van der Waals surface area contributed by atoms with Crippen LogP contribution in [0.25, 0.3) is 6.08 Å². The summed E-state index contributed by atoms with van der Waals surface area (Å²) in [6.07, 6.45) is 3.29. The van der Waals surface area contributed by atoms with Gasteiger partial charge in [0, 0.05) is 11.6 Å². The van der Waals surface area contributed by atoms with Gasteiger partial charge < -0.3 is 15.1 Å². The summed E-state index contributed by atoms with van der Waals surface area (Å²) in [5, 5.41) is 3.93. The molecule has 142 valence electrons. The van der Waals surface area contributed by atoms with E-state index < -0.39 is 0 Å². The van der Waals surface area contributed by atoms with E-state index in [1.54, 1.807) is 29.2 Å². The van der Waals surface area contributed by atoms with Crippen LogP contribution < -0.4 is 10.2 Å². The van der Waals surface area contributed by atoms with Crippen LogP contribution in [0.2, 0.25) is 10.0 Å². The van der Waals surface area contributed by atoms with E-state index in [1.807, 2.05) is 26.8 Å². The molecule has 7 heteroatoms. The molecule has 1 aromatic carbocycles. The van der Waals surface area contributed by atoms with Crippen molar-refractivity contribution in [3.63, 3.8) is 0 Å². The Morgan fingerprint density at radius 3 is 2.42 bits per heavy atom. The zero-order valence-corrected chi connectivity index (χ0v) is 17.0. The van der Waals surface area contributed by atoms with E-state index in [2.05, 4.69) is 5.32 Å². The second kappa shape index (κ2) is 8.89. The van der Waals surface area contributed by atoms with Gasteiger partial charge in [0.25, 0.3) is 5.91 Å². The molecule has 0 spiro atoms. The van der Waals surface area contributed by atoms with Gasteiger partial charge in [-0.15, -0.1) is 0 Å². The highest BCUT2D eigenvalue weighted by Gasteiger charge is 2.25. The first-order chi connectivity index (χ1) is 12.1. The fourth-order valence-electron chi connectivity index (χ4n) is 2.80. The summed E-state index contributed by atoms with van der Waals surface area (Å²) < 4.78 is 0. The highest BCUT2D eigenvalue weighted by molar-refractivity contribution is 6.42. The van der Waals surface area contributed by atoms with Crippen molar-refractivity contribution in [2.24, 2.45) is 0 Å². The van der Waals surface area contributed by atoms with Gasteiger partial charge in [-0.05, 0) is 44.5 Å². The number of benzene rings is 1. The molecule has 0 aromatic heterocycles. The van der Waals surface area contributed by atoms with Crippen molar-refractivity contribution in [3.05, 3.63) is 39.9 Å². The zero-order valence-electron chi connectivity index (χ0n) is 15.4. The van der Waals surface area contributed by atoms with Gasteiger partial charge in [0.1, 0.15) is 0 Å². The van der Waals surface area contributed by atoms with Crippen molar-refractivity contribution in [2.45, 2.75) is 26.3 Å². The molecule has 0 aliphatic carbocycles. The minimum Gasteiger partial charge on any atom is -0.347 e. The monoisotopic (exact) mass is 398 g/mol. The molecule has 1 fully saturated rings. The zero-order chi connectivity index (χ0) is 19.3. The number of nitrogens with one attached hydrogen (secondary N) is 2. The van der Waals surface area contributed by atoms with Crippen molar-refractivity contribution >= 4 is 41.1 Å². The molecule has 26 heavy (non-hydrogen) atoms. The lowest BCUT2D eigenvalue weighted by atomic mass is 10.1. The van der Waals surface area contributed by atoms with E-state index in [0.29, 0.717) is 29.7 Å². The third-order valence-corrected chi connectivity index (χ3v) is 4.81. The van der Waals surface area contributed by atoms with Crippen molar-refractivity contribution in [1.29, 1.82) is 0 Å². The number of halogens is 2. The van der Waals surface area contributed by atoms with Gasteiger partial charge in [-0.25, -0.2) is 0 Å². The van der Waals surface area contributed by atoms with Gasteiger partial charge in [-0.3, -0.25) is 9.59 Å². The second-order valence-corrected chi connectivity index (χ2v) is 8.37. The first-order valence-electron chi connectivity index (χ1n) is 8.71. The van der Waals surface area contributed by atoms with Crippen molar-refractivity contribution in [2.75, 3.05) is 32.7 Å². The van der Waals surface area contributed by atoms with Gasteiger partial charge in [-0.1, -0.05) is 29.3 Å². The molecule has 2 N–H and O–H groups in total. The average molecular weight is 399 g/mol. The molecule has 1 aliphatic heterocycles. The molecule has 0 radical (unpaired) electrons. The van der Waals surface area contributed by atoms with E-state index in [9.17, 15) is 9.59 Å². The lowest BCUT2D eigenvalue weighted by molar-refractivity contribution is -0.896. The van der Waals surface area contributed by atoms with Gasteiger partial charge in [0.2, 0.25) is 5.91 Å². The molecular weight excluding hydrogens is 373 g/mol. The fourth-order valence-corrected chi connectivity index (χ4v) is 3.11. The van der Waals surface area contributed by atoms with Gasteiger partial charge in [-0.2, -0.15) is 0 Å². The number of nitrogens with zero attached hydrogens (tertiary/aromatic N) is 1. The van der Waals surface area contributed by atoms with Crippen molar-refractivity contribution in [1.82, 2.24) is 10.2 Å². The summed E-state index contributed by atoms with van der Waals surface area (Å²) >= 11 is 11.9. The molecule has 1 aliphatic rings. The van der Waals surface area contributed by atoms with E-state index in [0.717, 1.165) is 18.7 Å². The lowest BCUT2D eigenvalue weighted by Crippen LogP contribution is -3.16. The number of hydrogen-bond donors (Lipinski definition) is 2. The van der Waals surface area contributed by atoms with Crippen LogP contribution in [0.3, 0.4) is 0 Å². The SMILES string of the molecule is CC(C)(C)NC(=O)C[NH+]1CCN(C(=O)/C=C/c2ccc(Cl)c(Cl)c2)CC1. The smallest absolute Gasteiger partial charge is 0.275 e. The summed E-state index contributed by atoms with van der Waals surface area (Å²) in [6.45, 7) is 9.17. The van der Waals surface area contributed by atoms with Crippen LogP contribution >= 0.6 is 23.2 Å². The number of rotatable bonds is 4.